The van der Waals surface area contributed by atoms with Crippen molar-refractivity contribution in [3.05, 3.63) is 58.1 Å². The van der Waals surface area contributed by atoms with Gasteiger partial charge in [-0.25, -0.2) is 0 Å². The number of halogens is 1. The second kappa shape index (κ2) is 7.18. The smallest absolute Gasteiger partial charge is 0.265 e. The maximum atomic E-state index is 12.3. The Morgan fingerprint density at radius 2 is 1.87 bits per heavy atom. The first-order valence-electron chi connectivity index (χ1n) is 7.97. The minimum Gasteiger partial charge on any atom is -0.481 e. The van der Waals surface area contributed by atoms with Gasteiger partial charge in [-0.2, -0.15) is 0 Å². The summed E-state index contributed by atoms with van der Waals surface area (Å²) in [7, 11) is 0. The fraction of sp³-hybridized carbons (Fsp3) is 0.316. The number of aryl methyl sites for hydroxylation is 2. The van der Waals surface area contributed by atoms with Crippen LogP contribution in [0, 0.1) is 0 Å². The zero-order chi connectivity index (χ0) is 16.2. The van der Waals surface area contributed by atoms with E-state index in [0.29, 0.717) is 0 Å². The Hall–Kier alpha value is -1.81. The van der Waals surface area contributed by atoms with Gasteiger partial charge >= 0.3 is 0 Å². The van der Waals surface area contributed by atoms with Crippen molar-refractivity contribution in [1.29, 1.82) is 0 Å². The van der Waals surface area contributed by atoms with Crippen LogP contribution in [0.3, 0.4) is 0 Å². The maximum absolute atomic E-state index is 12.3. The number of hydrogen-bond donors (Lipinski definition) is 1. The Morgan fingerprint density at radius 3 is 2.65 bits per heavy atom. The topological polar surface area (TPSA) is 38.3 Å². The van der Waals surface area contributed by atoms with Gasteiger partial charge in [0.05, 0.1) is 5.69 Å². The van der Waals surface area contributed by atoms with Gasteiger partial charge in [0.25, 0.3) is 5.91 Å². The van der Waals surface area contributed by atoms with Crippen molar-refractivity contribution in [2.45, 2.75) is 38.7 Å². The van der Waals surface area contributed by atoms with Crippen molar-refractivity contribution in [1.82, 2.24) is 0 Å². The predicted octanol–water partition coefficient (Wildman–Crippen LogP) is 4.73. The zero-order valence-corrected chi connectivity index (χ0v) is 14.7. The van der Waals surface area contributed by atoms with Crippen LogP contribution in [-0.4, -0.2) is 12.0 Å². The van der Waals surface area contributed by atoms with Gasteiger partial charge in [-0.1, -0.05) is 18.2 Å². The number of benzene rings is 2. The molecule has 0 unspecified atom stereocenters. The molecule has 1 aliphatic rings. The van der Waals surface area contributed by atoms with E-state index in [-0.39, 0.29) is 5.91 Å². The summed E-state index contributed by atoms with van der Waals surface area (Å²) in [4.78, 5) is 12.3. The van der Waals surface area contributed by atoms with E-state index in [0.717, 1.165) is 28.8 Å². The van der Waals surface area contributed by atoms with E-state index in [2.05, 4.69) is 33.4 Å². The Labute approximate surface area is 145 Å². The molecular formula is C19H20BrNO2. The minimum atomic E-state index is -0.552. The van der Waals surface area contributed by atoms with Crippen molar-refractivity contribution < 1.29 is 9.53 Å². The predicted molar refractivity (Wildman–Crippen MR) is 95.9 cm³/mol. The van der Waals surface area contributed by atoms with Crippen molar-refractivity contribution in [2.24, 2.45) is 0 Å². The van der Waals surface area contributed by atoms with E-state index in [9.17, 15) is 4.79 Å². The lowest BCUT2D eigenvalue weighted by atomic mass is 9.92. The molecule has 2 aromatic carbocycles. The summed E-state index contributed by atoms with van der Waals surface area (Å²) in [5.74, 6) is 0.607. The number of carbonyl (C=O) groups excluding carboxylic acids is 1. The van der Waals surface area contributed by atoms with Crippen LogP contribution in [0.4, 0.5) is 5.69 Å². The highest BCUT2D eigenvalue weighted by molar-refractivity contribution is 9.10. The molecular weight excluding hydrogens is 354 g/mol. The minimum absolute atomic E-state index is 0.158. The molecule has 0 bridgehead atoms. The molecule has 0 aliphatic heterocycles. The normalized spacial score (nSPS) is 14.7. The van der Waals surface area contributed by atoms with E-state index in [4.69, 9.17) is 4.74 Å². The van der Waals surface area contributed by atoms with Crippen molar-refractivity contribution >= 4 is 27.5 Å². The molecule has 0 aromatic heterocycles. The molecule has 1 atom stereocenters. The van der Waals surface area contributed by atoms with Gasteiger partial charge in [0.15, 0.2) is 6.10 Å². The Morgan fingerprint density at radius 1 is 1.13 bits per heavy atom. The first-order valence-corrected chi connectivity index (χ1v) is 8.76. The summed E-state index contributed by atoms with van der Waals surface area (Å²) in [5, 5.41) is 2.88. The molecule has 0 saturated carbocycles. The average molecular weight is 374 g/mol. The van der Waals surface area contributed by atoms with Gasteiger partial charge in [0, 0.05) is 4.47 Å². The van der Waals surface area contributed by atoms with Crippen LogP contribution in [-0.2, 0) is 17.6 Å². The molecule has 1 amide bonds. The third-order valence-electron chi connectivity index (χ3n) is 4.13. The van der Waals surface area contributed by atoms with Gasteiger partial charge in [0.2, 0.25) is 0 Å². The van der Waals surface area contributed by atoms with E-state index >= 15 is 0 Å². The highest BCUT2D eigenvalue weighted by atomic mass is 79.9. The van der Waals surface area contributed by atoms with Crippen LogP contribution in [0.5, 0.6) is 5.75 Å². The van der Waals surface area contributed by atoms with Crippen molar-refractivity contribution in [3.8, 4) is 5.75 Å². The van der Waals surface area contributed by atoms with Gasteiger partial charge < -0.3 is 10.1 Å². The zero-order valence-electron chi connectivity index (χ0n) is 13.1. The van der Waals surface area contributed by atoms with Gasteiger partial charge in [-0.15, -0.1) is 0 Å². The molecule has 0 heterocycles. The van der Waals surface area contributed by atoms with E-state index in [1.165, 1.54) is 24.0 Å². The molecule has 0 saturated heterocycles. The highest BCUT2D eigenvalue weighted by Crippen LogP contribution is 2.26. The number of nitrogens with one attached hydrogen (secondary N) is 1. The lowest BCUT2D eigenvalue weighted by molar-refractivity contribution is -0.122. The third kappa shape index (κ3) is 3.94. The summed E-state index contributed by atoms with van der Waals surface area (Å²) in [6, 6.07) is 13.7. The van der Waals surface area contributed by atoms with E-state index in [1.54, 1.807) is 6.92 Å². The molecule has 0 spiro atoms. The molecule has 120 valence electrons. The van der Waals surface area contributed by atoms with Crippen LogP contribution < -0.4 is 10.1 Å². The maximum Gasteiger partial charge on any atom is 0.265 e. The molecule has 1 N–H and O–H groups in total. The molecule has 23 heavy (non-hydrogen) atoms. The molecule has 1 aliphatic carbocycles. The van der Waals surface area contributed by atoms with Gasteiger partial charge in [-0.3, -0.25) is 4.79 Å². The summed E-state index contributed by atoms with van der Waals surface area (Å²) >= 11 is 3.43. The molecule has 0 radical (unpaired) electrons. The standard InChI is InChI=1S/C19H20BrNO2/c1-13(19(22)21-18-9-5-4-8-17(18)20)23-16-11-10-14-6-2-3-7-15(14)12-16/h4-5,8-13H,2-3,6-7H2,1H3,(H,21,22)/t13-/m1/s1. The summed E-state index contributed by atoms with van der Waals surface area (Å²) in [5.41, 5.74) is 3.51. The van der Waals surface area contributed by atoms with Gasteiger partial charge in [0.1, 0.15) is 5.75 Å². The van der Waals surface area contributed by atoms with Crippen LogP contribution in [0.1, 0.15) is 30.9 Å². The van der Waals surface area contributed by atoms with Gasteiger partial charge in [-0.05, 0) is 83.9 Å². The summed E-state index contributed by atoms with van der Waals surface area (Å²) in [6.07, 6.45) is 4.19. The Balaban J connectivity index is 1.65. The average Bonchev–Trinajstić information content (AvgIpc) is 2.56. The first kappa shape index (κ1) is 16.1. The lowest BCUT2D eigenvalue weighted by Gasteiger charge is -2.19. The number of rotatable bonds is 4. The monoisotopic (exact) mass is 373 g/mol. The van der Waals surface area contributed by atoms with Crippen LogP contribution in [0.25, 0.3) is 0 Å². The lowest BCUT2D eigenvalue weighted by Crippen LogP contribution is -2.30. The van der Waals surface area contributed by atoms with Crippen LogP contribution in [0.2, 0.25) is 0 Å². The molecule has 2 aromatic rings. The van der Waals surface area contributed by atoms with Crippen molar-refractivity contribution in [2.75, 3.05) is 5.32 Å². The van der Waals surface area contributed by atoms with E-state index < -0.39 is 6.10 Å². The van der Waals surface area contributed by atoms with Crippen LogP contribution >= 0.6 is 15.9 Å². The molecule has 0 fully saturated rings. The van der Waals surface area contributed by atoms with Crippen molar-refractivity contribution in [3.63, 3.8) is 0 Å². The first-order chi connectivity index (χ1) is 11.1. The quantitative estimate of drug-likeness (QED) is 0.840. The Bertz CT molecular complexity index is 714. The Kier molecular flexibility index (Phi) is 5.01. The number of para-hydroxylation sites is 1. The largest absolute Gasteiger partial charge is 0.481 e. The van der Waals surface area contributed by atoms with Crippen LogP contribution in [0.15, 0.2) is 46.9 Å². The number of hydrogen-bond acceptors (Lipinski definition) is 2. The number of carbonyl (C=O) groups is 1. The number of anilines is 1. The fourth-order valence-electron chi connectivity index (χ4n) is 2.84. The summed E-state index contributed by atoms with van der Waals surface area (Å²) in [6.45, 7) is 1.77. The second-order valence-corrected chi connectivity index (χ2v) is 6.72. The SMILES string of the molecule is C[C@@H](Oc1ccc2c(c1)CCCC2)C(=O)Nc1ccccc1Br. The van der Waals surface area contributed by atoms with E-state index in [1.807, 2.05) is 30.3 Å². The molecule has 3 nitrogen and oxygen atoms in total. The number of fused-ring (bicyclic) bond motifs is 1. The highest BCUT2D eigenvalue weighted by Gasteiger charge is 2.17. The summed E-state index contributed by atoms with van der Waals surface area (Å²) < 4.78 is 6.68. The number of amides is 1. The molecule has 4 heteroatoms. The second-order valence-electron chi connectivity index (χ2n) is 5.87. The molecule has 3 rings (SSSR count). The number of ether oxygens (including phenoxy) is 1. The fourth-order valence-corrected chi connectivity index (χ4v) is 3.22. The third-order valence-corrected chi connectivity index (χ3v) is 4.83.